The van der Waals surface area contributed by atoms with Gasteiger partial charge in [0.25, 0.3) is 0 Å². The molecule has 3 heterocycles. The second-order valence-electron chi connectivity index (χ2n) is 4.72. The lowest BCUT2D eigenvalue weighted by Gasteiger charge is -2.11. The summed E-state index contributed by atoms with van der Waals surface area (Å²) in [6, 6.07) is 6.00. The molecule has 17 heavy (non-hydrogen) atoms. The van der Waals surface area contributed by atoms with Crippen molar-refractivity contribution < 1.29 is 0 Å². The number of fused-ring (bicyclic) bond motifs is 1. The van der Waals surface area contributed by atoms with E-state index >= 15 is 0 Å². The number of likely N-dealkylation sites (N-methyl/N-ethyl adjacent to an activating group) is 1. The van der Waals surface area contributed by atoms with Crippen LogP contribution in [-0.4, -0.2) is 39.6 Å². The van der Waals surface area contributed by atoms with Crippen molar-refractivity contribution in [2.75, 3.05) is 20.1 Å². The number of hydrogen-bond donors (Lipinski definition) is 1. The highest BCUT2D eigenvalue weighted by Crippen LogP contribution is 2.25. The zero-order valence-corrected chi connectivity index (χ0v) is 10.0. The molecule has 0 saturated carbocycles. The van der Waals surface area contributed by atoms with Gasteiger partial charge in [0.2, 0.25) is 0 Å². The number of rotatable bonds is 2. The normalized spacial score (nSPS) is 21.4. The molecule has 0 spiro atoms. The first-order valence-electron chi connectivity index (χ1n) is 6.01. The summed E-state index contributed by atoms with van der Waals surface area (Å²) in [5.41, 5.74) is 7.76. The van der Waals surface area contributed by atoms with Gasteiger partial charge in [-0.25, -0.2) is 0 Å². The molecule has 1 atom stereocenters. The van der Waals surface area contributed by atoms with Crippen molar-refractivity contribution in [1.82, 2.24) is 19.5 Å². The smallest absolute Gasteiger partial charge is 0.161 e. The van der Waals surface area contributed by atoms with Crippen LogP contribution < -0.4 is 5.73 Å². The van der Waals surface area contributed by atoms with Gasteiger partial charge in [-0.3, -0.25) is 4.40 Å². The third kappa shape index (κ3) is 1.71. The van der Waals surface area contributed by atoms with Crippen LogP contribution in [0.2, 0.25) is 0 Å². The minimum atomic E-state index is 0.475. The lowest BCUT2D eigenvalue weighted by molar-refractivity contribution is 0.409. The molecule has 2 N–H and O–H groups in total. The average molecular weight is 231 g/mol. The van der Waals surface area contributed by atoms with Crippen LogP contribution in [0.25, 0.3) is 5.65 Å². The fourth-order valence-electron chi connectivity index (χ4n) is 2.60. The fraction of sp³-hybridized carbons (Fsp3) is 0.500. The second kappa shape index (κ2) is 4.09. The largest absolute Gasteiger partial charge is 0.325 e. The van der Waals surface area contributed by atoms with E-state index < -0.39 is 0 Å². The molecular formula is C12H17N5. The standard InChI is InChI=1S/C12H17N5/c1-16-6-5-9(8-16)12-15-14-11-4-2-3-10(7-13)17(11)12/h2-4,9H,5-8,13H2,1H3. The Morgan fingerprint density at radius 1 is 1.41 bits per heavy atom. The molecule has 3 rings (SSSR count). The molecule has 1 unspecified atom stereocenters. The van der Waals surface area contributed by atoms with Gasteiger partial charge in [0.05, 0.1) is 0 Å². The molecule has 1 fully saturated rings. The number of hydrogen-bond acceptors (Lipinski definition) is 4. The zero-order chi connectivity index (χ0) is 11.8. The summed E-state index contributed by atoms with van der Waals surface area (Å²) in [6.07, 6.45) is 1.15. The maximum absolute atomic E-state index is 5.78. The minimum Gasteiger partial charge on any atom is -0.325 e. The Bertz CT molecular complexity index is 533. The van der Waals surface area contributed by atoms with E-state index in [1.165, 1.54) is 0 Å². The first-order valence-corrected chi connectivity index (χ1v) is 6.01. The van der Waals surface area contributed by atoms with Crippen LogP contribution in [0.15, 0.2) is 18.2 Å². The van der Waals surface area contributed by atoms with Gasteiger partial charge in [-0.1, -0.05) is 6.07 Å². The van der Waals surface area contributed by atoms with Crippen molar-refractivity contribution >= 4 is 5.65 Å². The molecule has 0 aliphatic carbocycles. The predicted octanol–water partition coefficient (Wildman–Crippen LogP) is 0.607. The maximum atomic E-state index is 5.78. The number of aromatic nitrogens is 3. The molecule has 5 nitrogen and oxygen atoms in total. The summed E-state index contributed by atoms with van der Waals surface area (Å²) >= 11 is 0. The molecular weight excluding hydrogens is 214 g/mol. The molecule has 5 heteroatoms. The van der Waals surface area contributed by atoms with E-state index in [1.807, 2.05) is 18.2 Å². The highest BCUT2D eigenvalue weighted by molar-refractivity contribution is 5.40. The Balaban J connectivity index is 2.10. The van der Waals surface area contributed by atoms with Crippen LogP contribution in [0.3, 0.4) is 0 Å². The van der Waals surface area contributed by atoms with Gasteiger partial charge in [-0.15, -0.1) is 10.2 Å². The minimum absolute atomic E-state index is 0.475. The highest BCUT2D eigenvalue weighted by Gasteiger charge is 2.25. The summed E-state index contributed by atoms with van der Waals surface area (Å²) < 4.78 is 2.11. The number of nitrogens with two attached hydrogens (primary N) is 1. The summed E-state index contributed by atoms with van der Waals surface area (Å²) in [5, 5.41) is 8.59. The van der Waals surface area contributed by atoms with Gasteiger partial charge in [0, 0.05) is 24.7 Å². The van der Waals surface area contributed by atoms with Crippen molar-refractivity contribution in [2.45, 2.75) is 18.9 Å². The van der Waals surface area contributed by atoms with Crippen molar-refractivity contribution in [3.63, 3.8) is 0 Å². The van der Waals surface area contributed by atoms with Crippen LogP contribution >= 0.6 is 0 Å². The van der Waals surface area contributed by atoms with Gasteiger partial charge in [0.1, 0.15) is 5.82 Å². The van der Waals surface area contributed by atoms with Gasteiger partial charge >= 0.3 is 0 Å². The van der Waals surface area contributed by atoms with E-state index in [9.17, 15) is 0 Å². The van der Waals surface area contributed by atoms with E-state index in [2.05, 4.69) is 26.5 Å². The van der Waals surface area contributed by atoms with Crippen molar-refractivity contribution in [2.24, 2.45) is 5.73 Å². The van der Waals surface area contributed by atoms with Crippen molar-refractivity contribution in [3.05, 3.63) is 29.7 Å². The van der Waals surface area contributed by atoms with Crippen LogP contribution in [-0.2, 0) is 6.54 Å². The topological polar surface area (TPSA) is 59.5 Å². The van der Waals surface area contributed by atoms with Crippen LogP contribution in [0, 0.1) is 0 Å². The molecule has 0 amide bonds. The molecule has 0 bridgehead atoms. The van der Waals surface area contributed by atoms with Gasteiger partial charge in [0.15, 0.2) is 5.65 Å². The van der Waals surface area contributed by atoms with Gasteiger partial charge < -0.3 is 10.6 Å². The third-order valence-electron chi connectivity index (χ3n) is 3.50. The average Bonchev–Trinajstić information content (AvgIpc) is 2.94. The SMILES string of the molecule is CN1CCC(c2nnc3cccc(CN)n23)C1. The van der Waals surface area contributed by atoms with Crippen LogP contribution in [0.5, 0.6) is 0 Å². The van der Waals surface area contributed by atoms with Gasteiger partial charge in [-0.05, 0) is 32.1 Å². The second-order valence-corrected chi connectivity index (χ2v) is 4.72. The Morgan fingerprint density at radius 3 is 3.00 bits per heavy atom. The first kappa shape index (κ1) is 10.7. The molecule has 90 valence electrons. The maximum Gasteiger partial charge on any atom is 0.161 e. The van der Waals surface area contributed by atoms with E-state index in [1.54, 1.807) is 0 Å². The molecule has 0 aromatic carbocycles. The zero-order valence-electron chi connectivity index (χ0n) is 10.0. The molecule has 1 saturated heterocycles. The summed E-state index contributed by atoms with van der Waals surface area (Å²) in [4.78, 5) is 2.33. The lowest BCUT2D eigenvalue weighted by Crippen LogP contribution is -2.15. The fourth-order valence-corrected chi connectivity index (χ4v) is 2.60. The lowest BCUT2D eigenvalue weighted by atomic mass is 10.1. The predicted molar refractivity (Wildman–Crippen MR) is 65.7 cm³/mol. The quantitative estimate of drug-likeness (QED) is 0.822. The molecule has 0 radical (unpaired) electrons. The van der Waals surface area contributed by atoms with Crippen molar-refractivity contribution in [1.29, 1.82) is 0 Å². The van der Waals surface area contributed by atoms with E-state index in [0.717, 1.165) is 36.7 Å². The monoisotopic (exact) mass is 231 g/mol. The first-order chi connectivity index (χ1) is 8.29. The Morgan fingerprint density at radius 2 is 2.29 bits per heavy atom. The van der Waals surface area contributed by atoms with E-state index in [4.69, 9.17) is 5.73 Å². The number of pyridine rings is 1. The summed E-state index contributed by atoms with van der Waals surface area (Å²) in [7, 11) is 2.15. The number of nitrogens with zero attached hydrogens (tertiary/aromatic N) is 4. The highest BCUT2D eigenvalue weighted by atomic mass is 15.3. The van der Waals surface area contributed by atoms with Crippen LogP contribution in [0.1, 0.15) is 23.9 Å². The van der Waals surface area contributed by atoms with Crippen LogP contribution in [0.4, 0.5) is 0 Å². The third-order valence-corrected chi connectivity index (χ3v) is 3.50. The Kier molecular flexibility index (Phi) is 2.57. The van der Waals surface area contributed by atoms with Gasteiger partial charge in [-0.2, -0.15) is 0 Å². The molecule has 2 aromatic rings. The van der Waals surface area contributed by atoms with E-state index in [-0.39, 0.29) is 0 Å². The van der Waals surface area contributed by atoms with Crippen molar-refractivity contribution in [3.8, 4) is 0 Å². The molecule has 1 aliphatic rings. The summed E-state index contributed by atoms with van der Waals surface area (Å²) in [5.74, 6) is 1.54. The number of likely N-dealkylation sites (tertiary alicyclic amines) is 1. The Labute approximate surface area is 100 Å². The molecule has 1 aliphatic heterocycles. The molecule has 2 aromatic heterocycles. The summed E-state index contributed by atoms with van der Waals surface area (Å²) in [6.45, 7) is 2.70. The Hall–Kier alpha value is -1.46. The van der Waals surface area contributed by atoms with E-state index in [0.29, 0.717) is 12.5 Å².